The van der Waals surface area contributed by atoms with Crippen LogP contribution in [0.4, 0.5) is 0 Å². The minimum Gasteiger partial charge on any atom is -0.504 e. The van der Waals surface area contributed by atoms with Crippen LogP contribution in [0.5, 0.6) is 23.0 Å². The Bertz CT molecular complexity index is 1730. The van der Waals surface area contributed by atoms with Crippen molar-refractivity contribution >= 4 is 12.0 Å². The molecule has 0 unspecified atom stereocenters. The van der Waals surface area contributed by atoms with E-state index in [1.807, 2.05) is 51.2 Å². The fourth-order valence-electron chi connectivity index (χ4n) is 8.25. The van der Waals surface area contributed by atoms with Gasteiger partial charge in [-0.1, -0.05) is 35.9 Å². The van der Waals surface area contributed by atoms with Crippen molar-refractivity contribution in [2.45, 2.75) is 70.9 Å². The smallest absolute Gasteiger partial charge is 0.244 e. The van der Waals surface area contributed by atoms with E-state index in [1.165, 1.54) is 0 Å². The number of ether oxygens (including phenoxy) is 3. The molecule has 4 aliphatic rings. The SMILES string of the molecule is COc1c(C)cc2c(c1O)[C@H]1[C@@H]3Cc4c(C)c(C)c5c(c4[C@H](CNC(=O)/C=C/c4cccc(C)c4)N3[C@@H](O)[C@@H](C2)N1C)OCO5. The first-order chi connectivity index (χ1) is 21.6. The molecule has 9 nitrogen and oxygen atoms in total. The zero-order valence-corrected chi connectivity index (χ0v) is 26.7. The van der Waals surface area contributed by atoms with Gasteiger partial charge in [0.15, 0.2) is 23.0 Å². The molecule has 1 fully saturated rings. The normalized spacial score (nSPS) is 25.1. The Morgan fingerprint density at radius 2 is 1.84 bits per heavy atom. The van der Waals surface area contributed by atoms with Crippen molar-refractivity contribution in [3.05, 3.63) is 86.5 Å². The third-order valence-corrected chi connectivity index (χ3v) is 10.4. The number of benzene rings is 3. The molecule has 0 radical (unpaired) electrons. The van der Waals surface area contributed by atoms with E-state index in [4.69, 9.17) is 14.2 Å². The summed E-state index contributed by atoms with van der Waals surface area (Å²) in [4.78, 5) is 17.6. The van der Waals surface area contributed by atoms with E-state index >= 15 is 0 Å². The van der Waals surface area contributed by atoms with Gasteiger partial charge in [-0.3, -0.25) is 14.6 Å². The molecular formula is C36H41N3O6. The summed E-state index contributed by atoms with van der Waals surface area (Å²) in [7, 11) is 3.61. The zero-order valence-electron chi connectivity index (χ0n) is 26.7. The molecule has 0 saturated carbocycles. The molecule has 4 heterocycles. The van der Waals surface area contributed by atoms with Gasteiger partial charge in [0, 0.05) is 29.8 Å². The number of rotatable bonds is 5. The third-order valence-electron chi connectivity index (χ3n) is 10.4. The first kappa shape index (κ1) is 29.6. The second kappa shape index (κ2) is 11.1. The van der Waals surface area contributed by atoms with Crippen molar-refractivity contribution in [2.24, 2.45) is 0 Å². The van der Waals surface area contributed by atoms with E-state index in [9.17, 15) is 15.0 Å². The van der Waals surface area contributed by atoms with Crippen molar-refractivity contribution in [1.29, 1.82) is 0 Å². The number of phenolic OH excluding ortho intramolecular Hbond substituents is 1. The molecule has 3 aromatic carbocycles. The summed E-state index contributed by atoms with van der Waals surface area (Å²) >= 11 is 0. The van der Waals surface area contributed by atoms with Gasteiger partial charge in [0.05, 0.1) is 25.2 Å². The van der Waals surface area contributed by atoms with E-state index in [0.717, 1.165) is 55.8 Å². The predicted molar refractivity (Wildman–Crippen MR) is 171 cm³/mol. The molecule has 5 atom stereocenters. The molecule has 3 N–H and O–H groups in total. The van der Waals surface area contributed by atoms with Crippen LogP contribution in [0.15, 0.2) is 36.4 Å². The molecule has 45 heavy (non-hydrogen) atoms. The van der Waals surface area contributed by atoms with Crippen LogP contribution in [-0.4, -0.2) is 71.7 Å². The molecule has 1 amide bonds. The van der Waals surface area contributed by atoms with Crippen LogP contribution in [0.1, 0.15) is 62.2 Å². The number of phenols is 1. The lowest BCUT2D eigenvalue weighted by atomic mass is 9.72. The number of aliphatic hydroxyl groups is 1. The van der Waals surface area contributed by atoms with Crippen LogP contribution in [0, 0.1) is 27.7 Å². The Morgan fingerprint density at radius 3 is 2.60 bits per heavy atom. The number of carbonyl (C=O) groups excluding carboxylic acids is 1. The van der Waals surface area contributed by atoms with Gasteiger partial charge in [-0.05, 0) is 87.0 Å². The average Bonchev–Trinajstić information content (AvgIpc) is 3.50. The number of likely N-dealkylation sites (N-methyl/N-ethyl adjacent to an activating group) is 1. The topological polar surface area (TPSA) is 104 Å². The summed E-state index contributed by atoms with van der Waals surface area (Å²) in [5.41, 5.74) is 9.07. The number of hydrogen-bond acceptors (Lipinski definition) is 8. The lowest BCUT2D eigenvalue weighted by Crippen LogP contribution is -2.69. The van der Waals surface area contributed by atoms with Crippen molar-refractivity contribution in [2.75, 3.05) is 27.5 Å². The monoisotopic (exact) mass is 611 g/mol. The number of nitrogens with one attached hydrogen (secondary N) is 1. The van der Waals surface area contributed by atoms with Crippen LogP contribution in [0.2, 0.25) is 0 Å². The Balaban J connectivity index is 1.32. The fraction of sp³-hybridized carbons (Fsp3) is 0.417. The van der Waals surface area contributed by atoms with Crippen LogP contribution in [0.25, 0.3) is 6.08 Å². The fourth-order valence-corrected chi connectivity index (χ4v) is 8.25. The summed E-state index contributed by atoms with van der Waals surface area (Å²) in [6.45, 7) is 8.51. The number of carbonyl (C=O) groups is 1. The van der Waals surface area contributed by atoms with Crippen LogP contribution >= 0.6 is 0 Å². The highest BCUT2D eigenvalue weighted by molar-refractivity contribution is 5.91. The first-order valence-corrected chi connectivity index (χ1v) is 15.6. The number of hydrogen-bond donors (Lipinski definition) is 3. The maximum Gasteiger partial charge on any atom is 0.244 e. The number of methoxy groups -OCH3 is 1. The highest BCUT2D eigenvalue weighted by Gasteiger charge is 2.55. The maximum atomic E-state index is 13.2. The Hall–Kier alpha value is -4.05. The van der Waals surface area contributed by atoms with Gasteiger partial charge in [-0.15, -0.1) is 0 Å². The number of nitrogens with zero attached hydrogens (tertiary/aromatic N) is 2. The standard InChI is InChI=1S/C36H41N3O6/c1-18-8-7-9-22(12-18)10-11-28(40)37-16-27-30-24(20(3)21(4)34-35(30)45-17-44-34)15-25-31-29-23(13-19(2)33(43-6)32(29)41)14-26(38(31)5)36(42)39(25)27/h7-13,25-27,31,36,41-42H,14-17H2,1-6H3,(H,37,40)/b11-10+/t25-,26+,27-,31+,36-/m0/s1. The maximum absolute atomic E-state index is 13.2. The van der Waals surface area contributed by atoms with E-state index < -0.39 is 12.3 Å². The minimum atomic E-state index is -0.827. The number of aliphatic hydroxyl groups excluding tert-OH is 1. The quantitative estimate of drug-likeness (QED) is 0.365. The molecular weight excluding hydrogens is 570 g/mol. The highest BCUT2D eigenvalue weighted by atomic mass is 16.7. The average molecular weight is 612 g/mol. The second-order valence-corrected chi connectivity index (χ2v) is 12.9. The first-order valence-electron chi connectivity index (χ1n) is 15.6. The van der Waals surface area contributed by atoms with E-state index in [2.05, 4.69) is 35.0 Å². The van der Waals surface area contributed by atoms with Gasteiger partial charge in [0.25, 0.3) is 0 Å². The largest absolute Gasteiger partial charge is 0.504 e. The number of piperazine rings is 1. The summed E-state index contributed by atoms with van der Waals surface area (Å²) in [5.74, 6) is 1.85. The number of aryl methyl sites for hydroxylation is 2. The van der Waals surface area contributed by atoms with Crippen molar-refractivity contribution < 1.29 is 29.2 Å². The Labute approximate surface area is 264 Å². The molecule has 0 aliphatic carbocycles. The Kier molecular flexibility index (Phi) is 7.30. The molecule has 9 heteroatoms. The highest BCUT2D eigenvalue weighted by Crippen LogP contribution is 2.56. The lowest BCUT2D eigenvalue weighted by molar-refractivity contribution is -0.172. The van der Waals surface area contributed by atoms with Gasteiger partial charge >= 0.3 is 0 Å². The summed E-state index contributed by atoms with van der Waals surface area (Å²) < 4.78 is 17.7. The molecule has 0 aromatic heterocycles. The van der Waals surface area contributed by atoms with Gasteiger partial charge < -0.3 is 29.7 Å². The van der Waals surface area contributed by atoms with Crippen LogP contribution in [0.3, 0.4) is 0 Å². The van der Waals surface area contributed by atoms with E-state index in [-0.39, 0.29) is 43.1 Å². The summed E-state index contributed by atoms with van der Waals surface area (Å²) in [6, 6.07) is 9.05. The summed E-state index contributed by atoms with van der Waals surface area (Å²) in [6.07, 6.45) is 3.74. The third kappa shape index (κ3) is 4.59. The second-order valence-electron chi connectivity index (χ2n) is 12.9. The molecule has 7 rings (SSSR count). The van der Waals surface area contributed by atoms with E-state index in [1.54, 1.807) is 13.2 Å². The molecule has 3 aromatic rings. The minimum absolute atomic E-state index is 0.130. The van der Waals surface area contributed by atoms with Gasteiger partial charge in [-0.25, -0.2) is 0 Å². The van der Waals surface area contributed by atoms with Crippen molar-refractivity contribution in [3.8, 4) is 23.0 Å². The van der Waals surface area contributed by atoms with Gasteiger partial charge in [-0.2, -0.15) is 0 Å². The number of fused-ring (bicyclic) bond motifs is 9. The number of amides is 1. The van der Waals surface area contributed by atoms with Crippen LogP contribution in [-0.2, 0) is 17.6 Å². The Morgan fingerprint density at radius 1 is 1.07 bits per heavy atom. The summed E-state index contributed by atoms with van der Waals surface area (Å²) in [5, 5.41) is 26.9. The van der Waals surface area contributed by atoms with Crippen molar-refractivity contribution in [1.82, 2.24) is 15.1 Å². The lowest BCUT2D eigenvalue weighted by Gasteiger charge is -2.60. The van der Waals surface area contributed by atoms with Crippen molar-refractivity contribution in [3.63, 3.8) is 0 Å². The molecule has 236 valence electrons. The zero-order chi connectivity index (χ0) is 31.7. The van der Waals surface area contributed by atoms with Gasteiger partial charge in [0.1, 0.15) is 6.23 Å². The molecule has 2 bridgehead atoms. The number of aromatic hydroxyl groups is 1. The van der Waals surface area contributed by atoms with E-state index in [0.29, 0.717) is 24.3 Å². The molecule has 0 spiro atoms. The molecule has 4 aliphatic heterocycles. The predicted octanol–water partition coefficient (Wildman–Crippen LogP) is 4.39. The molecule has 1 saturated heterocycles. The van der Waals surface area contributed by atoms with Crippen LogP contribution < -0.4 is 19.5 Å². The van der Waals surface area contributed by atoms with Gasteiger partial charge in [0.2, 0.25) is 12.7 Å².